The van der Waals surface area contributed by atoms with Crippen LogP contribution >= 0.6 is 11.6 Å². The number of carbonyl (C=O) groups is 2. The lowest BCUT2D eigenvalue weighted by atomic mass is 10.1. The molecule has 4 rings (SSSR count). The van der Waals surface area contributed by atoms with Gasteiger partial charge in [-0.1, -0.05) is 11.6 Å². The zero-order chi connectivity index (χ0) is 31.5. The molecule has 1 saturated heterocycles. The molecule has 0 bridgehead atoms. The Bertz CT molecular complexity index is 1480. The average molecular weight is 632 g/mol. The number of hydrogen-bond acceptors (Lipinski definition) is 5. The summed E-state index contributed by atoms with van der Waals surface area (Å²) in [6.45, 7) is 0.699. The number of fused-ring (bicyclic) bond motifs is 1. The second-order valence-corrected chi connectivity index (χ2v) is 10.7. The van der Waals surface area contributed by atoms with Crippen molar-refractivity contribution >= 4 is 40.3 Å². The first-order chi connectivity index (χ1) is 20.2. The molecule has 2 aromatic heterocycles. The molecule has 3 heterocycles. The molecule has 0 N–H and O–H groups in total. The van der Waals surface area contributed by atoms with E-state index in [1.54, 1.807) is 48.1 Å². The highest BCUT2D eigenvalue weighted by Gasteiger charge is 2.56. The van der Waals surface area contributed by atoms with Crippen molar-refractivity contribution in [2.45, 2.75) is 44.5 Å². The number of benzene rings is 1. The number of anilines is 1. The van der Waals surface area contributed by atoms with Gasteiger partial charge in [-0.15, -0.1) is 0 Å². The number of ether oxygens (including phenoxy) is 2. The Hall–Kier alpha value is -3.81. The van der Waals surface area contributed by atoms with Gasteiger partial charge in [0, 0.05) is 69.7 Å². The van der Waals surface area contributed by atoms with E-state index in [4.69, 9.17) is 21.1 Å². The molecule has 1 aliphatic rings. The van der Waals surface area contributed by atoms with E-state index in [9.17, 15) is 31.5 Å². The molecule has 0 spiro atoms. The van der Waals surface area contributed by atoms with Gasteiger partial charge in [-0.25, -0.2) is 9.78 Å². The summed E-state index contributed by atoms with van der Waals surface area (Å²) in [4.78, 5) is 34.9. The van der Waals surface area contributed by atoms with Gasteiger partial charge < -0.3 is 23.8 Å². The fourth-order valence-corrected chi connectivity index (χ4v) is 5.03. The van der Waals surface area contributed by atoms with Crippen molar-refractivity contribution in [3.05, 3.63) is 47.2 Å². The second kappa shape index (κ2) is 12.8. The van der Waals surface area contributed by atoms with E-state index in [1.807, 2.05) is 0 Å². The number of carbonyl (C=O) groups excluding carboxylic acids is 2. The number of methoxy groups -OCH3 is 1. The Balaban J connectivity index is 1.49. The van der Waals surface area contributed by atoms with Crippen LogP contribution in [0, 0.1) is 0 Å². The number of aromatic nitrogens is 2. The maximum Gasteiger partial charge on any atom is 0.453 e. The molecule has 0 aliphatic carbocycles. The average Bonchev–Trinajstić information content (AvgIpc) is 3.27. The Morgan fingerprint density at radius 1 is 1.12 bits per heavy atom. The van der Waals surface area contributed by atoms with E-state index in [0.29, 0.717) is 41.3 Å². The zero-order valence-electron chi connectivity index (χ0n) is 23.8. The van der Waals surface area contributed by atoms with Crippen LogP contribution in [0.5, 0.6) is 11.5 Å². The lowest BCUT2D eigenvalue weighted by Gasteiger charge is -2.36. The smallest absolute Gasteiger partial charge is 0.453 e. The topological polar surface area (TPSA) is 80.1 Å². The molecule has 0 radical (unpaired) electrons. The molecule has 3 aromatic rings. The van der Waals surface area contributed by atoms with Gasteiger partial charge in [-0.05, 0) is 36.6 Å². The van der Waals surface area contributed by atoms with Crippen molar-refractivity contribution in [3.63, 3.8) is 0 Å². The summed E-state index contributed by atoms with van der Waals surface area (Å²) in [7, 11) is 4.66. The molecule has 1 aromatic carbocycles. The SMILES string of the molecule is COc1ccc(N2CCCN(Cc3ccnc4c3c(Cl)cn4CC(=O)N(C)C)C2=O)cc1OCCCC(F)(F)C(F)(F)F. The fraction of sp³-hybridized carbons (Fsp3) is 0.464. The second-order valence-electron chi connectivity index (χ2n) is 10.3. The van der Waals surface area contributed by atoms with Gasteiger partial charge in [0.2, 0.25) is 5.91 Å². The number of nitrogens with zero attached hydrogens (tertiary/aromatic N) is 5. The van der Waals surface area contributed by atoms with Crippen molar-refractivity contribution in [1.82, 2.24) is 19.4 Å². The lowest BCUT2D eigenvalue weighted by molar-refractivity contribution is -0.284. The zero-order valence-corrected chi connectivity index (χ0v) is 24.5. The van der Waals surface area contributed by atoms with Crippen molar-refractivity contribution < 1.29 is 41.0 Å². The number of urea groups is 1. The summed E-state index contributed by atoms with van der Waals surface area (Å²) in [5.74, 6) is -4.61. The van der Waals surface area contributed by atoms with Crippen LogP contribution in [0.2, 0.25) is 5.02 Å². The van der Waals surface area contributed by atoms with Gasteiger partial charge in [0.05, 0.1) is 18.7 Å². The summed E-state index contributed by atoms with van der Waals surface area (Å²) in [6, 6.07) is 6.11. The molecule has 0 atom stereocenters. The number of alkyl halides is 5. The van der Waals surface area contributed by atoms with Gasteiger partial charge >= 0.3 is 18.1 Å². The van der Waals surface area contributed by atoms with Gasteiger partial charge in [-0.3, -0.25) is 9.69 Å². The molecular formula is C28H31ClF5N5O4. The van der Waals surface area contributed by atoms with E-state index in [2.05, 4.69) is 4.98 Å². The van der Waals surface area contributed by atoms with Crippen LogP contribution in [-0.2, 0) is 17.9 Å². The minimum absolute atomic E-state index is 0.0513. The maximum atomic E-state index is 13.6. The molecule has 9 nitrogen and oxygen atoms in total. The Labute approximate surface area is 249 Å². The first-order valence-electron chi connectivity index (χ1n) is 13.4. The number of halogens is 6. The Morgan fingerprint density at radius 3 is 2.53 bits per heavy atom. The quantitative estimate of drug-likeness (QED) is 0.192. The van der Waals surface area contributed by atoms with Gasteiger partial charge in [0.15, 0.2) is 11.5 Å². The van der Waals surface area contributed by atoms with Gasteiger partial charge in [-0.2, -0.15) is 22.0 Å². The van der Waals surface area contributed by atoms with Crippen molar-refractivity contribution in [1.29, 1.82) is 0 Å². The largest absolute Gasteiger partial charge is 0.493 e. The van der Waals surface area contributed by atoms with E-state index in [0.717, 1.165) is 5.56 Å². The molecule has 234 valence electrons. The van der Waals surface area contributed by atoms with Gasteiger partial charge in [0.25, 0.3) is 0 Å². The highest BCUT2D eigenvalue weighted by molar-refractivity contribution is 6.35. The van der Waals surface area contributed by atoms with Crippen LogP contribution < -0.4 is 14.4 Å². The van der Waals surface area contributed by atoms with E-state index in [-0.39, 0.29) is 36.5 Å². The summed E-state index contributed by atoms with van der Waals surface area (Å²) in [6.07, 6.45) is -3.75. The molecule has 15 heteroatoms. The predicted molar refractivity (Wildman–Crippen MR) is 150 cm³/mol. The van der Waals surface area contributed by atoms with Crippen LogP contribution in [0.4, 0.5) is 32.4 Å². The molecule has 43 heavy (non-hydrogen) atoms. The number of amides is 3. The third-order valence-corrected chi connectivity index (χ3v) is 7.33. The number of pyridine rings is 1. The minimum Gasteiger partial charge on any atom is -0.493 e. The summed E-state index contributed by atoms with van der Waals surface area (Å²) in [5, 5.41) is 1.03. The van der Waals surface area contributed by atoms with Crippen molar-refractivity contribution in [3.8, 4) is 11.5 Å². The van der Waals surface area contributed by atoms with Gasteiger partial charge in [0.1, 0.15) is 12.2 Å². The van der Waals surface area contributed by atoms with Crippen LogP contribution in [-0.4, -0.2) is 84.3 Å². The first kappa shape index (κ1) is 32.1. The third kappa shape index (κ3) is 7.06. The van der Waals surface area contributed by atoms with Crippen LogP contribution in [0.25, 0.3) is 11.0 Å². The molecule has 0 unspecified atom stereocenters. The lowest BCUT2D eigenvalue weighted by Crippen LogP contribution is -2.49. The third-order valence-electron chi connectivity index (χ3n) is 7.04. The van der Waals surface area contributed by atoms with E-state index in [1.165, 1.54) is 29.0 Å². The van der Waals surface area contributed by atoms with Crippen LogP contribution in [0.15, 0.2) is 36.7 Å². The highest BCUT2D eigenvalue weighted by Crippen LogP contribution is 2.39. The summed E-state index contributed by atoms with van der Waals surface area (Å²) in [5.41, 5.74) is 1.71. The molecule has 3 amide bonds. The Morgan fingerprint density at radius 2 is 1.86 bits per heavy atom. The minimum atomic E-state index is -5.63. The summed E-state index contributed by atoms with van der Waals surface area (Å²) >= 11 is 6.55. The van der Waals surface area contributed by atoms with E-state index < -0.39 is 31.5 Å². The number of likely N-dealkylation sites (N-methyl/N-ethyl adjacent to an activating group) is 1. The standard InChI is InChI=1S/C28H31ClF5N5O4/c1-36(2)23(40)17-38-16-20(29)24-18(8-10-35-25(24)38)15-37-11-5-12-39(26(37)41)19-6-7-21(42-3)22(14-19)43-13-4-9-27(30,31)28(32,33)34/h6-8,10,14,16H,4-5,9,11-13,15,17H2,1-3H3. The molecule has 0 saturated carbocycles. The molecule has 1 aliphatic heterocycles. The first-order valence-corrected chi connectivity index (χ1v) is 13.8. The molecule has 1 fully saturated rings. The van der Waals surface area contributed by atoms with Crippen molar-refractivity contribution in [2.75, 3.05) is 45.8 Å². The monoisotopic (exact) mass is 631 g/mol. The fourth-order valence-electron chi connectivity index (χ4n) is 4.71. The van der Waals surface area contributed by atoms with Crippen LogP contribution in [0.1, 0.15) is 24.8 Å². The highest BCUT2D eigenvalue weighted by atomic mass is 35.5. The Kier molecular flexibility index (Phi) is 9.57. The van der Waals surface area contributed by atoms with Crippen LogP contribution in [0.3, 0.4) is 0 Å². The van der Waals surface area contributed by atoms with E-state index >= 15 is 0 Å². The normalized spacial score (nSPS) is 14.4. The molecular weight excluding hydrogens is 601 g/mol. The predicted octanol–water partition coefficient (Wildman–Crippen LogP) is 5.98. The van der Waals surface area contributed by atoms with Crippen molar-refractivity contribution in [2.24, 2.45) is 0 Å². The summed E-state index contributed by atoms with van der Waals surface area (Å²) < 4.78 is 76.3. The maximum absolute atomic E-state index is 13.6. The number of rotatable bonds is 11. The number of hydrogen-bond donors (Lipinski definition) is 0.